The lowest BCUT2D eigenvalue weighted by Gasteiger charge is -2.24. The molecule has 6 heteroatoms. The van der Waals surface area contributed by atoms with Crippen LogP contribution in [-0.4, -0.2) is 15.9 Å². The average Bonchev–Trinajstić information content (AvgIpc) is 2.37. The van der Waals surface area contributed by atoms with E-state index in [4.69, 9.17) is 33.1 Å². The molecule has 112 valence electrons. The largest absolute Gasteiger partial charge is 0.598 e. The molecular weight excluding hydrogens is 317 g/mol. The van der Waals surface area contributed by atoms with Gasteiger partial charge in [-0.1, -0.05) is 35.9 Å². The summed E-state index contributed by atoms with van der Waals surface area (Å²) in [6.45, 7) is 7.73. The first kappa shape index (κ1) is 17.7. The van der Waals surface area contributed by atoms with E-state index in [0.717, 1.165) is 5.56 Å². The number of benzene rings is 1. The van der Waals surface area contributed by atoms with Gasteiger partial charge in [-0.15, -0.1) is 0 Å². The van der Waals surface area contributed by atoms with E-state index in [9.17, 15) is 4.55 Å². The normalized spacial score (nSPS) is 13.1. The third kappa shape index (κ3) is 4.86. The van der Waals surface area contributed by atoms with Crippen molar-refractivity contribution in [2.45, 2.75) is 31.4 Å². The maximum atomic E-state index is 11.5. The zero-order chi connectivity index (χ0) is 15.3. The fourth-order valence-electron chi connectivity index (χ4n) is 1.58. The first-order chi connectivity index (χ1) is 9.27. The SMILES string of the molecule is C=CCOc1cc(Cl)c(Cl)cc1CCC(C)(C)[S+](N)[O-]. The number of rotatable bonds is 7. The molecule has 1 rings (SSSR count). The highest BCUT2D eigenvalue weighted by Gasteiger charge is 2.29. The van der Waals surface area contributed by atoms with Crippen molar-refractivity contribution in [1.29, 1.82) is 0 Å². The molecule has 0 saturated heterocycles. The van der Waals surface area contributed by atoms with Crippen LogP contribution in [0.5, 0.6) is 5.75 Å². The van der Waals surface area contributed by atoms with Gasteiger partial charge >= 0.3 is 0 Å². The third-order valence-electron chi connectivity index (χ3n) is 3.00. The summed E-state index contributed by atoms with van der Waals surface area (Å²) < 4.78 is 16.6. The summed E-state index contributed by atoms with van der Waals surface area (Å²) >= 11 is 10.7. The number of ether oxygens (including phenoxy) is 1. The van der Waals surface area contributed by atoms with Crippen molar-refractivity contribution in [1.82, 2.24) is 0 Å². The van der Waals surface area contributed by atoms with E-state index >= 15 is 0 Å². The lowest BCUT2D eigenvalue weighted by Crippen LogP contribution is -2.38. The van der Waals surface area contributed by atoms with Crippen molar-refractivity contribution in [2.24, 2.45) is 5.14 Å². The Labute approximate surface area is 133 Å². The lowest BCUT2D eigenvalue weighted by atomic mass is 10.0. The van der Waals surface area contributed by atoms with E-state index in [0.29, 0.717) is 35.2 Å². The molecule has 1 atom stereocenters. The summed E-state index contributed by atoms with van der Waals surface area (Å²) in [5.74, 6) is 0.665. The van der Waals surface area contributed by atoms with Gasteiger partial charge < -0.3 is 9.29 Å². The molecule has 3 nitrogen and oxygen atoms in total. The van der Waals surface area contributed by atoms with Crippen LogP contribution in [0, 0.1) is 0 Å². The Balaban J connectivity index is 2.92. The fraction of sp³-hybridized carbons (Fsp3) is 0.429. The molecule has 1 aromatic rings. The van der Waals surface area contributed by atoms with Crippen LogP contribution >= 0.6 is 23.2 Å². The minimum absolute atomic E-state index is 0.386. The molecule has 0 aliphatic rings. The minimum Gasteiger partial charge on any atom is -0.598 e. The summed E-state index contributed by atoms with van der Waals surface area (Å²) in [7, 11) is 0. The topological polar surface area (TPSA) is 58.3 Å². The summed E-state index contributed by atoms with van der Waals surface area (Å²) in [6, 6.07) is 3.47. The van der Waals surface area contributed by atoms with Gasteiger partial charge in [-0.3, -0.25) is 0 Å². The second kappa shape index (κ2) is 7.57. The van der Waals surface area contributed by atoms with Crippen LogP contribution in [0.15, 0.2) is 24.8 Å². The second-order valence-corrected chi connectivity index (χ2v) is 7.55. The van der Waals surface area contributed by atoms with E-state index in [1.807, 2.05) is 13.8 Å². The van der Waals surface area contributed by atoms with Gasteiger partial charge in [0.15, 0.2) is 0 Å². The molecular formula is C14H19Cl2NO2S. The quantitative estimate of drug-likeness (QED) is 0.607. The van der Waals surface area contributed by atoms with Crippen molar-refractivity contribution in [2.75, 3.05) is 6.61 Å². The van der Waals surface area contributed by atoms with Gasteiger partial charge in [0.05, 0.1) is 10.0 Å². The number of hydrogen-bond donors (Lipinski definition) is 1. The predicted molar refractivity (Wildman–Crippen MR) is 86.9 cm³/mol. The molecule has 0 spiro atoms. The van der Waals surface area contributed by atoms with Crippen molar-refractivity contribution in [3.63, 3.8) is 0 Å². The maximum absolute atomic E-state index is 11.5. The van der Waals surface area contributed by atoms with Crippen LogP contribution in [0.2, 0.25) is 10.0 Å². The van der Waals surface area contributed by atoms with Crippen molar-refractivity contribution < 1.29 is 9.29 Å². The Kier molecular flexibility index (Phi) is 6.69. The highest BCUT2D eigenvalue weighted by molar-refractivity contribution is 7.90. The van der Waals surface area contributed by atoms with Gasteiger partial charge in [0.2, 0.25) is 0 Å². The Morgan fingerprint density at radius 3 is 2.55 bits per heavy atom. The summed E-state index contributed by atoms with van der Waals surface area (Å²) in [5.41, 5.74) is 0.916. The standard InChI is InChI=1S/C14H19Cl2NO2S/c1-4-7-19-13-9-12(16)11(15)8-10(13)5-6-14(2,3)20(17)18/h4,8-9H,1,5-7,17H2,2-3H3. The Morgan fingerprint density at radius 2 is 2.00 bits per heavy atom. The van der Waals surface area contributed by atoms with Crippen LogP contribution < -0.4 is 9.88 Å². The van der Waals surface area contributed by atoms with Crippen LogP contribution in [0.3, 0.4) is 0 Å². The molecule has 0 aliphatic carbocycles. The van der Waals surface area contributed by atoms with Crippen molar-refractivity contribution in [3.05, 3.63) is 40.4 Å². The first-order valence-electron chi connectivity index (χ1n) is 6.16. The van der Waals surface area contributed by atoms with Gasteiger partial charge in [0.1, 0.15) is 17.1 Å². The monoisotopic (exact) mass is 335 g/mol. The molecule has 0 heterocycles. The number of nitrogens with two attached hydrogens (primary N) is 1. The number of hydrogen-bond acceptors (Lipinski definition) is 3. The molecule has 0 bridgehead atoms. The zero-order valence-corrected chi connectivity index (χ0v) is 13.9. The molecule has 20 heavy (non-hydrogen) atoms. The molecule has 0 aromatic heterocycles. The van der Waals surface area contributed by atoms with Crippen LogP contribution in [0.4, 0.5) is 0 Å². The predicted octanol–water partition coefficient (Wildman–Crippen LogP) is 3.89. The molecule has 0 aliphatic heterocycles. The van der Waals surface area contributed by atoms with E-state index in [2.05, 4.69) is 6.58 Å². The van der Waals surface area contributed by atoms with E-state index in [1.54, 1.807) is 18.2 Å². The van der Waals surface area contributed by atoms with Gasteiger partial charge in [-0.25, -0.2) is 0 Å². The average molecular weight is 336 g/mol. The zero-order valence-electron chi connectivity index (χ0n) is 11.6. The molecule has 0 saturated carbocycles. The van der Waals surface area contributed by atoms with Crippen LogP contribution in [0.1, 0.15) is 25.8 Å². The van der Waals surface area contributed by atoms with Crippen molar-refractivity contribution >= 4 is 34.6 Å². The molecule has 0 fully saturated rings. The van der Waals surface area contributed by atoms with Gasteiger partial charge in [-0.05, 0) is 31.9 Å². The second-order valence-electron chi connectivity index (χ2n) is 5.03. The fourth-order valence-corrected chi connectivity index (χ4v) is 2.23. The lowest BCUT2D eigenvalue weighted by molar-refractivity contribution is 0.358. The van der Waals surface area contributed by atoms with Gasteiger partial charge in [0.25, 0.3) is 0 Å². The first-order valence-corrected chi connectivity index (χ1v) is 8.12. The van der Waals surface area contributed by atoms with Gasteiger partial charge in [-0.2, -0.15) is 5.14 Å². The Morgan fingerprint density at radius 1 is 1.40 bits per heavy atom. The van der Waals surface area contributed by atoms with Crippen molar-refractivity contribution in [3.8, 4) is 5.75 Å². The summed E-state index contributed by atoms with van der Waals surface area (Å²) in [5, 5.41) is 6.40. The van der Waals surface area contributed by atoms with Crippen LogP contribution in [-0.2, 0) is 17.8 Å². The van der Waals surface area contributed by atoms with Gasteiger partial charge in [0, 0.05) is 23.8 Å². The highest BCUT2D eigenvalue weighted by Crippen LogP contribution is 2.33. The minimum atomic E-state index is -1.39. The smallest absolute Gasteiger partial charge is 0.139 e. The summed E-state index contributed by atoms with van der Waals surface area (Å²) in [4.78, 5) is 0. The molecule has 1 aromatic carbocycles. The molecule has 0 amide bonds. The highest BCUT2D eigenvalue weighted by atomic mass is 35.5. The maximum Gasteiger partial charge on any atom is 0.139 e. The van der Waals surface area contributed by atoms with E-state index in [-0.39, 0.29) is 0 Å². The third-order valence-corrected chi connectivity index (χ3v) is 5.02. The number of halogens is 2. The molecule has 0 radical (unpaired) electrons. The Bertz CT molecular complexity index is 478. The van der Waals surface area contributed by atoms with Crippen LogP contribution in [0.25, 0.3) is 0 Å². The Hall–Kier alpha value is -0.390. The summed E-state index contributed by atoms with van der Waals surface area (Å²) in [6.07, 6.45) is 2.96. The molecule has 2 N–H and O–H groups in total. The van der Waals surface area contributed by atoms with E-state index in [1.165, 1.54) is 0 Å². The molecule has 1 unspecified atom stereocenters. The number of aryl methyl sites for hydroxylation is 1. The van der Waals surface area contributed by atoms with E-state index < -0.39 is 16.1 Å².